The van der Waals surface area contributed by atoms with Crippen LogP contribution in [0.4, 0.5) is 0 Å². The quantitative estimate of drug-likeness (QED) is 0.577. The van der Waals surface area contributed by atoms with Gasteiger partial charge in [0.1, 0.15) is 0 Å². The number of ether oxygens (including phenoxy) is 5. The van der Waals surface area contributed by atoms with Gasteiger partial charge in [-0.1, -0.05) is 48.5 Å². The van der Waals surface area contributed by atoms with Crippen LogP contribution in [-0.2, 0) is 23.7 Å². The summed E-state index contributed by atoms with van der Waals surface area (Å²) in [5, 5.41) is 0. The van der Waals surface area contributed by atoms with Gasteiger partial charge in [-0.15, -0.1) is 0 Å². The van der Waals surface area contributed by atoms with Crippen molar-refractivity contribution in [3.8, 4) is 0 Å². The fourth-order valence-corrected chi connectivity index (χ4v) is 5.79. The third-order valence-corrected chi connectivity index (χ3v) is 9.33. The molecule has 0 aromatic heterocycles. The minimum Gasteiger partial charge on any atom is -0.373 e. The van der Waals surface area contributed by atoms with Crippen LogP contribution in [-0.4, -0.2) is 49.2 Å². The second-order valence-corrected chi connectivity index (χ2v) is 11.2. The Bertz CT molecular complexity index is 584. The van der Waals surface area contributed by atoms with E-state index < -0.39 is 0 Å². The van der Waals surface area contributed by atoms with Crippen molar-refractivity contribution in [1.29, 1.82) is 0 Å². The summed E-state index contributed by atoms with van der Waals surface area (Å²) in [6, 6.07) is 0. The van der Waals surface area contributed by atoms with Crippen LogP contribution in [0.5, 0.6) is 0 Å². The van der Waals surface area contributed by atoms with Crippen molar-refractivity contribution in [2.45, 2.75) is 125 Å². The first kappa shape index (κ1) is 25.4. The Morgan fingerprint density at radius 1 is 0.355 bits per heavy atom. The molecule has 3 rings (SSSR count). The van der Waals surface area contributed by atoms with Gasteiger partial charge in [0.05, 0.1) is 36.6 Å². The molecular weight excluding hydrogens is 392 g/mol. The second kappa shape index (κ2) is 9.97. The highest BCUT2D eigenvalue weighted by Gasteiger charge is 2.47. The highest BCUT2D eigenvalue weighted by Crippen LogP contribution is 2.41. The van der Waals surface area contributed by atoms with Crippen molar-refractivity contribution in [3.05, 3.63) is 0 Å². The summed E-state index contributed by atoms with van der Waals surface area (Å²) in [6.45, 7) is 24.4. The van der Waals surface area contributed by atoms with Gasteiger partial charge in [-0.05, 0) is 57.3 Å². The highest BCUT2D eigenvalue weighted by molar-refractivity contribution is 4.90. The van der Waals surface area contributed by atoms with E-state index in [-0.39, 0.29) is 55.1 Å². The zero-order valence-electron chi connectivity index (χ0n) is 21.7. The van der Waals surface area contributed by atoms with Gasteiger partial charge in [0.2, 0.25) is 0 Å². The highest BCUT2D eigenvalue weighted by atomic mass is 16.7. The third kappa shape index (κ3) is 5.01. The minimum absolute atomic E-state index is 0.00787. The molecule has 0 radical (unpaired) electrons. The maximum atomic E-state index is 6.61. The smallest absolute Gasteiger partial charge is 0.161 e. The van der Waals surface area contributed by atoms with Crippen molar-refractivity contribution in [2.24, 2.45) is 41.4 Å². The molecule has 0 aliphatic carbocycles. The molecule has 182 valence electrons. The monoisotopic (exact) mass is 440 g/mol. The van der Waals surface area contributed by atoms with Crippen LogP contribution in [0.15, 0.2) is 0 Å². The van der Waals surface area contributed by atoms with Crippen LogP contribution in [0.2, 0.25) is 0 Å². The Morgan fingerprint density at radius 3 is 1.26 bits per heavy atom. The van der Waals surface area contributed by atoms with Crippen molar-refractivity contribution >= 4 is 0 Å². The van der Waals surface area contributed by atoms with Gasteiger partial charge in [0.25, 0.3) is 0 Å². The van der Waals surface area contributed by atoms with E-state index in [1.807, 2.05) is 0 Å². The molecule has 15 atom stereocenters. The van der Waals surface area contributed by atoms with Gasteiger partial charge in [0.15, 0.2) is 12.6 Å². The Morgan fingerprint density at radius 2 is 0.710 bits per heavy atom. The van der Waals surface area contributed by atoms with E-state index in [1.54, 1.807) is 0 Å². The first-order chi connectivity index (χ1) is 14.4. The molecule has 0 bridgehead atoms. The van der Waals surface area contributed by atoms with Crippen LogP contribution in [0, 0.1) is 41.4 Å². The van der Waals surface area contributed by atoms with Crippen LogP contribution in [0.25, 0.3) is 0 Å². The number of rotatable bonds is 4. The summed E-state index contributed by atoms with van der Waals surface area (Å²) < 4.78 is 32.1. The fourth-order valence-electron chi connectivity index (χ4n) is 5.79. The average Bonchev–Trinajstić information content (AvgIpc) is 2.72. The zero-order valence-corrected chi connectivity index (χ0v) is 21.7. The maximum absolute atomic E-state index is 6.61. The lowest BCUT2D eigenvalue weighted by molar-refractivity contribution is -0.335. The molecule has 0 saturated carbocycles. The van der Waals surface area contributed by atoms with E-state index in [9.17, 15) is 0 Å². The second-order valence-electron chi connectivity index (χ2n) is 11.2. The number of hydrogen-bond donors (Lipinski definition) is 0. The zero-order chi connectivity index (χ0) is 23.2. The first-order valence-corrected chi connectivity index (χ1v) is 12.7. The van der Waals surface area contributed by atoms with Crippen molar-refractivity contribution in [1.82, 2.24) is 0 Å². The van der Waals surface area contributed by atoms with Gasteiger partial charge >= 0.3 is 0 Å². The molecule has 0 N–H and O–H groups in total. The fraction of sp³-hybridized carbons (Fsp3) is 1.00. The van der Waals surface area contributed by atoms with Crippen LogP contribution >= 0.6 is 0 Å². The summed E-state index contributed by atoms with van der Waals surface area (Å²) in [7, 11) is 0. The Kier molecular flexibility index (Phi) is 8.17. The molecule has 3 saturated heterocycles. The van der Waals surface area contributed by atoms with Gasteiger partial charge in [-0.25, -0.2) is 0 Å². The number of hydrogen-bond acceptors (Lipinski definition) is 5. The van der Waals surface area contributed by atoms with E-state index in [2.05, 4.69) is 76.2 Å². The summed E-state index contributed by atoms with van der Waals surface area (Å²) in [4.78, 5) is 0. The van der Waals surface area contributed by atoms with Gasteiger partial charge in [-0.2, -0.15) is 0 Å². The van der Waals surface area contributed by atoms with Gasteiger partial charge < -0.3 is 23.7 Å². The van der Waals surface area contributed by atoms with Crippen LogP contribution < -0.4 is 0 Å². The first-order valence-electron chi connectivity index (χ1n) is 12.7. The minimum atomic E-state index is -0.244. The van der Waals surface area contributed by atoms with Crippen molar-refractivity contribution in [2.75, 3.05) is 0 Å². The molecule has 3 fully saturated rings. The summed E-state index contributed by atoms with van der Waals surface area (Å²) >= 11 is 0. The van der Waals surface area contributed by atoms with Crippen molar-refractivity contribution in [3.63, 3.8) is 0 Å². The van der Waals surface area contributed by atoms with Crippen molar-refractivity contribution < 1.29 is 23.7 Å². The van der Waals surface area contributed by atoms with E-state index >= 15 is 0 Å². The largest absolute Gasteiger partial charge is 0.373 e. The third-order valence-electron chi connectivity index (χ3n) is 9.33. The lowest BCUT2D eigenvalue weighted by Crippen LogP contribution is -2.56. The molecule has 0 amide bonds. The molecule has 3 unspecified atom stereocenters. The summed E-state index contributed by atoms with van der Waals surface area (Å²) in [5.41, 5.74) is 0. The Balaban J connectivity index is 1.65. The van der Waals surface area contributed by atoms with E-state index in [0.717, 1.165) is 0 Å². The maximum Gasteiger partial charge on any atom is 0.161 e. The molecule has 3 aliphatic rings. The standard InChI is InChI=1S/C26H48O5/c1-12-13(2)20(9)28-25(17(12)6)31-24-16(5)18(7)26(29-22(24)11)30-23-15(4)14(3)19(8)27-21(23)10/h12-26H,1-11H3/t12-,13-,14+,15+,16+,17+,18+,19?,20+,21+,22+,23?,24?,25+,26+/m0/s1. The molecule has 31 heavy (non-hydrogen) atoms. The van der Waals surface area contributed by atoms with E-state index in [1.165, 1.54) is 0 Å². The summed E-state index contributed by atoms with van der Waals surface area (Å²) in [5.74, 6) is 2.88. The normalized spacial score (nSPS) is 56.4. The lowest BCUT2D eigenvalue weighted by atomic mass is 9.79. The molecule has 3 aliphatic heterocycles. The predicted octanol–water partition coefficient (Wildman–Crippen LogP) is 5.51. The molecule has 5 nitrogen and oxygen atoms in total. The molecule has 0 aromatic rings. The average molecular weight is 441 g/mol. The van der Waals surface area contributed by atoms with E-state index in [4.69, 9.17) is 23.7 Å². The molecular formula is C26H48O5. The van der Waals surface area contributed by atoms with Gasteiger partial charge in [0, 0.05) is 11.8 Å². The molecule has 3 heterocycles. The van der Waals surface area contributed by atoms with Crippen LogP contribution in [0.3, 0.4) is 0 Å². The lowest BCUT2D eigenvalue weighted by Gasteiger charge is -2.50. The van der Waals surface area contributed by atoms with Crippen LogP contribution in [0.1, 0.15) is 76.2 Å². The molecule has 5 heteroatoms. The summed E-state index contributed by atoms with van der Waals surface area (Å²) in [6.07, 6.45) is 0.0899. The Labute approximate surface area is 190 Å². The SMILES string of the molecule is CC1O[C@H](C)C(O[C@H]2O[C@H](C)C(O[C@H]3O[C@H](C)[C@@H](C)[C@H](C)[C@H]3C)[C@H](C)[C@H]2C)[C@H](C)[C@H]1C. The molecule has 0 spiro atoms. The Hall–Kier alpha value is -0.200. The van der Waals surface area contributed by atoms with E-state index in [0.29, 0.717) is 35.5 Å². The topological polar surface area (TPSA) is 46.2 Å². The molecule has 0 aromatic carbocycles. The predicted molar refractivity (Wildman–Crippen MR) is 123 cm³/mol. The van der Waals surface area contributed by atoms with Gasteiger partial charge in [-0.3, -0.25) is 0 Å².